The van der Waals surface area contributed by atoms with Gasteiger partial charge in [-0.3, -0.25) is 4.31 Å². The van der Waals surface area contributed by atoms with Gasteiger partial charge in [0.1, 0.15) is 0 Å². The van der Waals surface area contributed by atoms with Gasteiger partial charge in [-0.05, 0) is 29.7 Å². The molecule has 0 bridgehead atoms. The average Bonchev–Trinajstić information content (AvgIpc) is 3.26. The third-order valence-electron chi connectivity index (χ3n) is 5.05. The minimum absolute atomic E-state index is 0.123. The van der Waals surface area contributed by atoms with E-state index in [1.165, 1.54) is 4.31 Å². The molecule has 0 N–H and O–H groups in total. The molecular formula is C19H20N4O2S. The number of hydrogen-bond donors (Lipinski definition) is 0. The van der Waals surface area contributed by atoms with Crippen LogP contribution in [0.15, 0.2) is 54.6 Å². The van der Waals surface area contributed by atoms with Gasteiger partial charge in [0.05, 0.1) is 5.69 Å². The van der Waals surface area contributed by atoms with Gasteiger partial charge in [0.25, 0.3) is 0 Å². The molecule has 0 aliphatic carbocycles. The number of nitriles is 1. The summed E-state index contributed by atoms with van der Waals surface area (Å²) in [5.41, 5.74) is 2.74. The zero-order chi connectivity index (χ0) is 18.1. The van der Waals surface area contributed by atoms with Crippen LogP contribution in [0.3, 0.4) is 0 Å². The van der Waals surface area contributed by atoms with Gasteiger partial charge in [-0.15, -0.1) is 0 Å². The second-order valence-corrected chi connectivity index (χ2v) is 8.40. The lowest BCUT2D eigenvalue weighted by Crippen LogP contribution is -2.41. The summed E-state index contributed by atoms with van der Waals surface area (Å²) in [5.74, 6) is 0. The largest absolute Gasteiger partial charge is 0.309 e. The van der Waals surface area contributed by atoms with Crippen LogP contribution < -0.4 is 4.31 Å². The van der Waals surface area contributed by atoms with Gasteiger partial charge in [0, 0.05) is 32.2 Å². The number of benzene rings is 2. The van der Waals surface area contributed by atoms with Crippen molar-refractivity contribution in [1.82, 2.24) is 9.21 Å². The maximum absolute atomic E-state index is 13.1. The van der Waals surface area contributed by atoms with E-state index in [9.17, 15) is 8.42 Å². The molecule has 2 aliphatic rings. The Morgan fingerprint density at radius 2 is 1.73 bits per heavy atom. The van der Waals surface area contributed by atoms with Crippen LogP contribution in [0.1, 0.15) is 6.42 Å². The molecule has 26 heavy (non-hydrogen) atoms. The van der Waals surface area contributed by atoms with Crippen molar-refractivity contribution in [3.8, 4) is 17.3 Å². The van der Waals surface area contributed by atoms with E-state index in [-0.39, 0.29) is 6.04 Å². The van der Waals surface area contributed by atoms with E-state index < -0.39 is 10.2 Å². The second-order valence-electron chi connectivity index (χ2n) is 6.60. The fourth-order valence-corrected chi connectivity index (χ4v) is 5.53. The van der Waals surface area contributed by atoms with Gasteiger partial charge in [0.2, 0.25) is 0 Å². The first-order chi connectivity index (χ1) is 12.6. The number of rotatable bonds is 3. The molecule has 0 aromatic heterocycles. The Morgan fingerprint density at radius 3 is 2.46 bits per heavy atom. The molecule has 2 aromatic carbocycles. The van der Waals surface area contributed by atoms with Crippen molar-refractivity contribution < 1.29 is 8.42 Å². The number of anilines is 1. The highest BCUT2D eigenvalue weighted by Gasteiger charge is 2.43. The standard InChI is InChI=1S/C19H20N4O2S/c20-15-21-10-9-19(14-21)23-12-11-22(26(23,24)25)18-8-4-7-17(13-18)16-5-2-1-3-6-16/h1-8,13,19H,9-12,14H2/t19-/m0/s1. The van der Waals surface area contributed by atoms with Gasteiger partial charge in [-0.2, -0.15) is 18.0 Å². The Bertz CT molecular complexity index is 940. The minimum atomic E-state index is -3.56. The lowest BCUT2D eigenvalue weighted by atomic mass is 10.1. The molecular weight excluding hydrogens is 348 g/mol. The molecule has 2 fully saturated rings. The van der Waals surface area contributed by atoms with Crippen LogP contribution in [0.4, 0.5) is 5.69 Å². The van der Waals surface area contributed by atoms with Crippen molar-refractivity contribution in [2.24, 2.45) is 0 Å². The van der Waals surface area contributed by atoms with E-state index in [2.05, 4.69) is 6.19 Å². The van der Waals surface area contributed by atoms with E-state index in [1.54, 1.807) is 9.21 Å². The van der Waals surface area contributed by atoms with E-state index in [4.69, 9.17) is 5.26 Å². The maximum atomic E-state index is 13.1. The van der Waals surface area contributed by atoms with Gasteiger partial charge in [-0.25, -0.2) is 0 Å². The van der Waals surface area contributed by atoms with Crippen LogP contribution in [0.5, 0.6) is 0 Å². The van der Waals surface area contributed by atoms with Crippen molar-refractivity contribution in [1.29, 1.82) is 5.26 Å². The van der Waals surface area contributed by atoms with Crippen molar-refractivity contribution in [3.63, 3.8) is 0 Å². The summed E-state index contributed by atoms with van der Waals surface area (Å²) in [6.45, 7) is 2.00. The summed E-state index contributed by atoms with van der Waals surface area (Å²) in [6, 6.07) is 17.4. The summed E-state index contributed by atoms with van der Waals surface area (Å²) in [7, 11) is -3.56. The normalized spacial score (nSPS) is 22.5. The second kappa shape index (κ2) is 6.63. The highest BCUT2D eigenvalue weighted by molar-refractivity contribution is 7.90. The Balaban J connectivity index is 1.61. The Labute approximate surface area is 154 Å². The third kappa shape index (κ3) is 2.91. The highest BCUT2D eigenvalue weighted by atomic mass is 32.2. The average molecular weight is 368 g/mol. The minimum Gasteiger partial charge on any atom is -0.309 e. The SMILES string of the molecule is N#CN1CC[C@H](N2CCN(c3cccc(-c4ccccc4)c3)S2(=O)=O)C1. The van der Waals surface area contributed by atoms with E-state index in [0.29, 0.717) is 38.3 Å². The van der Waals surface area contributed by atoms with Crippen molar-refractivity contribution >= 4 is 15.9 Å². The lowest BCUT2D eigenvalue weighted by molar-refractivity contribution is 0.345. The Kier molecular flexibility index (Phi) is 4.31. The maximum Gasteiger partial charge on any atom is 0.304 e. The van der Waals surface area contributed by atoms with Gasteiger partial charge in [0.15, 0.2) is 6.19 Å². The first-order valence-corrected chi connectivity index (χ1v) is 10.1. The van der Waals surface area contributed by atoms with Crippen LogP contribution in [0.25, 0.3) is 11.1 Å². The van der Waals surface area contributed by atoms with Crippen LogP contribution in [0.2, 0.25) is 0 Å². The zero-order valence-electron chi connectivity index (χ0n) is 14.3. The fraction of sp³-hybridized carbons (Fsp3) is 0.316. The highest BCUT2D eigenvalue weighted by Crippen LogP contribution is 2.32. The molecule has 6 nitrogen and oxygen atoms in total. The summed E-state index contributed by atoms with van der Waals surface area (Å²) in [4.78, 5) is 1.62. The Hall–Kier alpha value is -2.56. The van der Waals surface area contributed by atoms with Crippen LogP contribution >= 0.6 is 0 Å². The summed E-state index contributed by atoms with van der Waals surface area (Å²) >= 11 is 0. The molecule has 2 saturated heterocycles. The number of likely N-dealkylation sites (tertiary alicyclic amines) is 1. The van der Waals surface area contributed by atoms with Gasteiger partial charge >= 0.3 is 10.2 Å². The molecule has 0 spiro atoms. The van der Waals surface area contributed by atoms with Crippen LogP contribution in [0, 0.1) is 11.5 Å². The quantitative estimate of drug-likeness (QED) is 0.780. The molecule has 4 rings (SSSR count). The van der Waals surface area contributed by atoms with E-state index >= 15 is 0 Å². The van der Waals surface area contributed by atoms with Crippen molar-refractivity contribution in [2.75, 3.05) is 30.5 Å². The van der Waals surface area contributed by atoms with Crippen molar-refractivity contribution in [2.45, 2.75) is 12.5 Å². The molecule has 0 radical (unpaired) electrons. The fourth-order valence-electron chi connectivity index (χ4n) is 3.72. The molecule has 0 saturated carbocycles. The summed E-state index contributed by atoms with van der Waals surface area (Å²) < 4.78 is 29.2. The van der Waals surface area contributed by atoms with Gasteiger partial charge < -0.3 is 4.90 Å². The Morgan fingerprint density at radius 1 is 0.962 bits per heavy atom. The molecule has 7 heteroatoms. The van der Waals surface area contributed by atoms with E-state index in [1.807, 2.05) is 54.6 Å². The molecule has 2 aliphatic heterocycles. The van der Waals surface area contributed by atoms with E-state index in [0.717, 1.165) is 11.1 Å². The predicted molar refractivity (Wildman–Crippen MR) is 100 cm³/mol. The first kappa shape index (κ1) is 16.9. The smallest absolute Gasteiger partial charge is 0.304 e. The number of hydrogen-bond acceptors (Lipinski definition) is 4. The first-order valence-electron chi connectivity index (χ1n) is 8.69. The lowest BCUT2D eigenvalue weighted by Gasteiger charge is -2.24. The molecule has 0 unspecified atom stereocenters. The number of nitrogens with zero attached hydrogens (tertiary/aromatic N) is 4. The predicted octanol–water partition coefficient (Wildman–Crippen LogP) is 2.28. The molecule has 2 aromatic rings. The molecule has 134 valence electrons. The van der Waals surface area contributed by atoms with Crippen LogP contribution in [-0.4, -0.2) is 49.8 Å². The topological polar surface area (TPSA) is 67.7 Å². The monoisotopic (exact) mass is 368 g/mol. The van der Waals surface area contributed by atoms with Gasteiger partial charge in [-0.1, -0.05) is 42.5 Å². The zero-order valence-corrected chi connectivity index (χ0v) is 15.1. The third-order valence-corrected chi connectivity index (χ3v) is 7.08. The summed E-state index contributed by atoms with van der Waals surface area (Å²) in [6.07, 6.45) is 2.81. The van der Waals surface area contributed by atoms with Crippen LogP contribution in [-0.2, 0) is 10.2 Å². The molecule has 1 atom stereocenters. The molecule has 2 heterocycles. The molecule has 0 amide bonds. The summed E-state index contributed by atoms with van der Waals surface area (Å²) in [5, 5.41) is 9.02. The van der Waals surface area contributed by atoms with Crippen molar-refractivity contribution in [3.05, 3.63) is 54.6 Å².